The maximum atomic E-state index is 11.9. The quantitative estimate of drug-likeness (QED) is 0.629. The molecular weight excluding hydrogens is 364 g/mol. The Labute approximate surface area is 141 Å². The molecule has 0 unspecified atom stereocenters. The van der Waals surface area contributed by atoms with Gasteiger partial charge in [0.2, 0.25) is 0 Å². The number of non-ortho nitro benzene ring substituents is 1. The number of benzene rings is 2. The lowest BCUT2D eigenvalue weighted by atomic mass is 10.1. The molecule has 0 heterocycles. The highest BCUT2D eigenvalue weighted by Gasteiger charge is 2.09. The summed E-state index contributed by atoms with van der Waals surface area (Å²) >= 11 is 3.47. The second-order valence-corrected chi connectivity index (χ2v) is 5.81. The van der Waals surface area contributed by atoms with Crippen LogP contribution in [-0.2, 0) is 4.79 Å². The molecule has 1 N–H and O–H groups in total. The topological polar surface area (TPSA) is 81.5 Å². The van der Waals surface area contributed by atoms with Crippen molar-refractivity contribution in [2.24, 2.45) is 0 Å². The molecule has 0 atom stereocenters. The van der Waals surface area contributed by atoms with Gasteiger partial charge in [-0.25, -0.2) is 0 Å². The van der Waals surface area contributed by atoms with Gasteiger partial charge in [0, 0.05) is 22.3 Å². The Balaban J connectivity index is 1.98. The smallest absolute Gasteiger partial charge is 0.271 e. The molecule has 7 heteroatoms. The molecule has 0 fully saturated rings. The molecule has 0 spiro atoms. The van der Waals surface area contributed by atoms with Gasteiger partial charge in [0.1, 0.15) is 5.75 Å². The van der Waals surface area contributed by atoms with Crippen molar-refractivity contribution in [3.8, 4) is 5.75 Å². The third-order valence-corrected chi connectivity index (χ3v) is 4.37. The summed E-state index contributed by atoms with van der Waals surface area (Å²) in [4.78, 5) is 22.1. The van der Waals surface area contributed by atoms with Crippen LogP contribution in [0.1, 0.15) is 11.1 Å². The summed E-state index contributed by atoms with van der Waals surface area (Å²) in [5.74, 6) is 0.209. The van der Waals surface area contributed by atoms with Gasteiger partial charge in [0.25, 0.3) is 11.6 Å². The van der Waals surface area contributed by atoms with E-state index in [0.717, 1.165) is 15.6 Å². The summed E-state index contributed by atoms with van der Waals surface area (Å²) in [6.07, 6.45) is 0. The van der Waals surface area contributed by atoms with Crippen LogP contribution in [0.5, 0.6) is 5.75 Å². The van der Waals surface area contributed by atoms with E-state index in [2.05, 4.69) is 21.2 Å². The molecule has 120 valence electrons. The molecular formula is C16H15BrN2O4. The predicted octanol–water partition coefficient (Wildman–Crippen LogP) is 3.99. The van der Waals surface area contributed by atoms with Gasteiger partial charge in [-0.2, -0.15) is 0 Å². The molecule has 0 aromatic heterocycles. The predicted molar refractivity (Wildman–Crippen MR) is 90.8 cm³/mol. The SMILES string of the molecule is Cc1cc(OCC(=O)Nc2cccc([N+](=O)[O-])c2)cc(C)c1Br. The lowest BCUT2D eigenvalue weighted by molar-refractivity contribution is -0.384. The van der Waals surface area contributed by atoms with Crippen molar-refractivity contribution in [2.45, 2.75) is 13.8 Å². The molecule has 2 rings (SSSR count). The zero-order chi connectivity index (χ0) is 17.0. The van der Waals surface area contributed by atoms with E-state index < -0.39 is 4.92 Å². The van der Waals surface area contributed by atoms with E-state index in [0.29, 0.717) is 11.4 Å². The van der Waals surface area contributed by atoms with Gasteiger partial charge >= 0.3 is 0 Å². The first-order valence-corrected chi connectivity index (χ1v) is 7.60. The number of carbonyl (C=O) groups is 1. The Bertz CT molecular complexity index is 738. The van der Waals surface area contributed by atoms with Crippen LogP contribution in [-0.4, -0.2) is 17.4 Å². The fraction of sp³-hybridized carbons (Fsp3) is 0.188. The van der Waals surface area contributed by atoms with Crippen molar-refractivity contribution in [3.05, 3.63) is 62.1 Å². The minimum atomic E-state index is -0.514. The van der Waals surface area contributed by atoms with Crippen LogP contribution < -0.4 is 10.1 Å². The normalized spacial score (nSPS) is 10.2. The van der Waals surface area contributed by atoms with E-state index in [4.69, 9.17) is 4.74 Å². The van der Waals surface area contributed by atoms with Gasteiger partial charge < -0.3 is 10.1 Å². The van der Waals surface area contributed by atoms with Crippen LogP contribution in [0.4, 0.5) is 11.4 Å². The van der Waals surface area contributed by atoms with Crippen molar-refractivity contribution in [1.82, 2.24) is 0 Å². The number of rotatable bonds is 5. The first-order chi connectivity index (χ1) is 10.9. The number of nitro groups is 1. The Kier molecular flexibility index (Phi) is 5.33. The Morgan fingerprint density at radius 1 is 1.26 bits per heavy atom. The van der Waals surface area contributed by atoms with Crippen molar-refractivity contribution < 1.29 is 14.5 Å². The summed E-state index contributed by atoms with van der Waals surface area (Å²) in [6, 6.07) is 9.41. The number of hydrogen-bond acceptors (Lipinski definition) is 4. The number of anilines is 1. The van der Waals surface area contributed by atoms with Crippen LogP contribution in [0.25, 0.3) is 0 Å². The van der Waals surface area contributed by atoms with Gasteiger partial charge in [0.15, 0.2) is 6.61 Å². The highest BCUT2D eigenvalue weighted by molar-refractivity contribution is 9.10. The van der Waals surface area contributed by atoms with Gasteiger partial charge in [-0.3, -0.25) is 14.9 Å². The minimum Gasteiger partial charge on any atom is -0.484 e. The average Bonchev–Trinajstić information content (AvgIpc) is 2.50. The van der Waals surface area contributed by atoms with Crippen LogP contribution in [0.2, 0.25) is 0 Å². The number of nitrogens with one attached hydrogen (secondary N) is 1. The van der Waals surface area contributed by atoms with Gasteiger partial charge in [-0.05, 0) is 43.2 Å². The largest absolute Gasteiger partial charge is 0.484 e. The standard InChI is InChI=1S/C16H15BrN2O4/c1-10-6-14(7-11(2)16(10)17)23-9-15(20)18-12-4-3-5-13(8-12)19(21)22/h3-8H,9H2,1-2H3,(H,18,20). The number of carbonyl (C=O) groups excluding carboxylic acids is 1. The highest BCUT2D eigenvalue weighted by Crippen LogP contribution is 2.26. The summed E-state index contributed by atoms with van der Waals surface area (Å²) in [5, 5.41) is 13.3. The third kappa shape index (κ3) is 4.53. The van der Waals surface area contributed by atoms with E-state index in [9.17, 15) is 14.9 Å². The van der Waals surface area contributed by atoms with E-state index in [1.807, 2.05) is 26.0 Å². The average molecular weight is 379 g/mol. The lowest BCUT2D eigenvalue weighted by Crippen LogP contribution is -2.20. The molecule has 0 saturated carbocycles. The molecule has 23 heavy (non-hydrogen) atoms. The molecule has 0 saturated heterocycles. The van der Waals surface area contributed by atoms with Crippen LogP contribution in [0, 0.1) is 24.0 Å². The number of nitrogens with zero attached hydrogens (tertiary/aromatic N) is 1. The van der Waals surface area contributed by atoms with E-state index in [1.54, 1.807) is 6.07 Å². The number of hydrogen-bond donors (Lipinski definition) is 1. The molecule has 2 aromatic carbocycles. The molecule has 2 aromatic rings. The first-order valence-electron chi connectivity index (χ1n) is 6.80. The minimum absolute atomic E-state index is 0.0807. The number of halogens is 1. The molecule has 1 amide bonds. The Morgan fingerprint density at radius 3 is 2.52 bits per heavy atom. The summed E-state index contributed by atoms with van der Waals surface area (Å²) in [6.45, 7) is 3.70. The lowest BCUT2D eigenvalue weighted by Gasteiger charge is -2.10. The zero-order valence-electron chi connectivity index (χ0n) is 12.6. The summed E-state index contributed by atoms with van der Waals surface area (Å²) in [7, 11) is 0. The number of aryl methyl sites for hydroxylation is 2. The van der Waals surface area contributed by atoms with Gasteiger partial charge in [-0.1, -0.05) is 22.0 Å². The molecule has 0 aliphatic heterocycles. The Hall–Kier alpha value is -2.41. The van der Waals surface area contributed by atoms with E-state index >= 15 is 0 Å². The van der Waals surface area contributed by atoms with Crippen molar-refractivity contribution >= 4 is 33.2 Å². The fourth-order valence-electron chi connectivity index (χ4n) is 2.03. The fourth-order valence-corrected chi connectivity index (χ4v) is 2.26. The third-order valence-electron chi connectivity index (χ3n) is 3.12. The van der Waals surface area contributed by atoms with Gasteiger partial charge in [0.05, 0.1) is 4.92 Å². The first kappa shape index (κ1) is 17.0. The number of nitro benzene ring substituents is 1. The monoisotopic (exact) mass is 378 g/mol. The zero-order valence-corrected chi connectivity index (χ0v) is 14.2. The molecule has 0 radical (unpaired) electrons. The van der Waals surface area contributed by atoms with Crippen LogP contribution >= 0.6 is 15.9 Å². The summed E-state index contributed by atoms with van der Waals surface area (Å²) < 4.78 is 6.47. The van der Waals surface area contributed by atoms with Crippen molar-refractivity contribution in [1.29, 1.82) is 0 Å². The molecule has 0 aliphatic carbocycles. The van der Waals surface area contributed by atoms with Crippen molar-refractivity contribution in [2.75, 3.05) is 11.9 Å². The number of amides is 1. The van der Waals surface area contributed by atoms with Gasteiger partial charge in [-0.15, -0.1) is 0 Å². The Morgan fingerprint density at radius 2 is 1.91 bits per heavy atom. The maximum absolute atomic E-state index is 11.9. The van der Waals surface area contributed by atoms with Crippen LogP contribution in [0.15, 0.2) is 40.9 Å². The number of ether oxygens (including phenoxy) is 1. The van der Waals surface area contributed by atoms with Crippen LogP contribution in [0.3, 0.4) is 0 Å². The molecule has 6 nitrogen and oxygen atoms in total. The highest BCUT2D eigenvalue weighted by atomic mass is 79.9. The molecule has 0 bridgehead atoms. The molecule has 0 aliphatic rings. The van der Waals surface area contributed by atoms with Crippen molar-refractivity contribution in [3.63, 3.8) is 0 Å². The van der Waals surface area contributed by atoms with E-state index in [1.165, 1.54) is 18.2 Å². The summed E-state index contributed by atoms with van der Waals surface area (Å²) in [5.41, 5.74) is 2.30. The van der Waals surface area contributed by atoms with E-state index in [-0.39, 0.29) is 18.2 Å². The second kappa shape index (κ2) is 7.23. The maximum Gasteiger partial charge on any atom is 0.271 e. The second-order valence-electron chi connectivity index (χ2n) is 5.02.